The molecule has 0 saturated carbocycles. The standard InChI is InChI=1S/C13H18N2O3/c14-8-9-3-1-2-6-15(9)13(18)11-5-4-10(16)7-12(11)17/h4-5,7,9,16-17H,1-3,6,8,14H2. The van der Waals surface area contributed by atoms with Crippen molar-refractivity contribution in [2.24, 2.45) is 5.73 Å². The molecule has 1 fully saturated rings. The molecule has 1 saturated heterocycles. The number of nitrogens with zero attached hydrogens (tertiary/aromatic N) is 1. The first-order valence-corrected chi connectivity index (χ1v) is 6.16. The smallest absolute Gasteiger partial charge is 0.257 e. The van der Waals surface area contributed by atoms with Crippen LogP contribution in [0.4, 0.5) is 0 Å². The summed E-state index contributed by atoms with van der Waals surface area (Å²) >= 11 is 0. The number of piperidine rings is 1. The van der Waals surface area contributed by atoms with E-state index in [0.717, 1.165) is 19.3 Å². The van der Waals surface area contributed by atoms with Gasteiger partial charge in [-0.25, -0.2) is 0 Å². The minimum atomic E-state index is -0.220. The quantitative estimate of drug-likeness (QED) is 0.732. The van der Waals surface area contributed by atoms with E-state index in [1.165, 1.54) is 18.2 Å². The minimum absolute atomic E-state index is 0.0412. The first kappa shape index (κ1) is 12.7. The molecule has 2 rings (SSSR count). The minimum Gasteiger partial charge on any atom is -0.508 e. The van der Waals surface area contributed by atoms with E-state index < -0.39 is 0 Å². The van der Waals surface area contributed by atoms with Gasteiger partial charge >= 0.3 is 0 Å². The first-order valence-electron chi connectivity index (χ1n) is 6.16. The summed E-state index contributed by atoms with van der Waals surface area (Å²) in [7, 11) is 0. The van der Waals surface area contributed by atoms with Crippen LogP contribution >= 0.6 is 0 Å². The molecule has 0 aromatic heterocycles. The van der Waals surface area contributed by atoms with Crippen molar-refractivity contribution in [1.29, 1.82) is 0 Å². The predicted octanol–water partition coefficient (Wildman–Crippen LogP) is 1.05. The summed E-state index contributed by atoms with van der Waals surface area (Å²) in [6.45, 7) is 1.10. The lowest BCUT2D eigenvalue weighted by molar-refractivity contribution is 0.0620. The summed E-state index contributed by atoms with van der Waals surface area (Å²) in [4.78, 5) is 14.0. The summed E-state index contributed by atoms with van der Waals surface area (Å²) in [6, 6.07) is 4.05. The second-order valence-corrected chi connectivity index (χ2v) is 4.59. The van der Waals surface area contributed by atoms with E-state index in [9.17, 15) is 15.0 Å². The van der Waals surface area contributed by atoms with Crippen LogP contribution in [-0.2, 0) is 0 Å². The van der Waals surface area contributed by atoms with Crippen LogP contribution in [-0.4, -0.2) is 40.2 Å². The Morgan fingerprint density at radius 2 is 2.17 bits per heavy atom. The van der Waals surface area contributed by atoms with Crippen LogP contribution in [0, 0.1) is 0 Å². The van der Waals surface area contributed by atoms with Gasteiger partial charge in [-0.15, -0.1) is 0 Å². The molecule has 1 aliphatic rings. The second kappa shape index (κ2) is 5.27. The van der Waals surface area contributed by atoms with E-state index in [0.29, 0.717) is 13.1 Å². The monoisotopic (exact) mass is 250 g/mol. The molecule has 5 nitrogen and oxygen atoms in total. The van der Waals surface area contributed by atoms with Gasteiger partial charge in [-0.05, 0) is 31.4 Å². The molecule has 4 N–H and O–H groups in total. The van der Waals surface area contributed by atoms with Crippen LogP contribution in [0.15, 0.2) is 18.2 Å². The number of carbonyl (C=O) groups excluding carboxylic acids is 1. The number of hydrogen-bond acceptors (Lipinski definition) is 4. The number of amides is 1. The van der Waals surface area contributed by atoms with Crippen molar-refractivity contribution in [3.8, 4) is 11.5 Å². The van der Waals surface area contributed by atoms with Crippen LogP contribution in [0.25, 0.3) is 0 Å². The molecule has 1 unspecified atom stereocenters. The number of aromatic hydroxyl groups is 2. The van der Waals surface area contributed by atoms with Crippen molar-refractivity contribution in [1.82, 2.24) is 4.90 Å². The van der Waals surface area contributed by atoms with E-state index in [1.807, 2.05) is 0 Å². The highest BCUT2D eigenvalue weighted by molar-refractivity contribution is 5.97. The summed E-state index contributed by atoms with van der Waals surface area (Å²) in [5.74, 6) is -0.470. The molecule has 0 radical (unpaired) electrons. The van der Waals surface area contributed by atoms with Crippen molar-refractivity contribution < 1.29 is 15.0 Å². The molecule has 18 heavy (non-hydrogen) atoms. The average Bonchev–Trinajstić information content (AvgIpc) is 2.38. The zero-order valence-electron chi connectivity index (χ0n) is 10.2. The molecule has 1 heterocycles. The number of rotatable bonds is 2. The lowest BCUT2D eigenvalue weighted by Gasteiger charge is -2.35. The fourth-order valence-electron chi connectivity index (χ4n) is 2.37. The van der Waals surface area contributed by atoms with E-state index in [4.69, 9.17) is 5.73 Å². The molecular weight excluding hydrogens is 232 g/mol. The Morgan fingerprint density at radius 3 is 2.83 bits per heavy atom. The maximum absolute atomic E-state index is 12.3. The zero-order valence-corrected chi connectivity index (χ0v) is 10.2. The Labute approximate surface area is 106 Å². The highest BCUT2D eigenvalue weighted by Crippen LogP contribution is 2.26. The van der Waals surface area contributed by atoms with Gasteiger partial charge in [-0.1, -0.05) is 0 Å². The van der Waals surface area contributed by atoms with E-state index in [-0.39, 0.29) is 29.0 Å². The topological polar surface area (TPSA) is 86.8 Å². The number of carbonyl (C=O) groups is 1. The molecule has 1 atom stereocenters. The predicted molar refractivity (Wildman–Crippen MR) is 67.5 cm³/mol. The second-order valence-electron chi connectivity index (χ2n) is 4.59. The molecule has 0 aliphatic carbocycles. The van der Waals surface area contributed by atoms with Gasteiger partial charge in [-0.3, -0.25) is 4.79 Å². The summed E-state index contributed by atoms with van der Waals surface area (Å²) in [5, 5.41) is 18.9. The van der Waals surface area contributed by atoms with Crippen LogP contribution in [0.1, 0.15) is 29.6 Å². The Morgan fingerprint density at radius 1 is 1.39 bits per heavy atom. The Bertz CT molecular complexity index is 448. The Balaban J connectivity index is 2.24. The number of hydrogen-bond donors (Lipinski definition) is 3. The van der Waals surface area contributed by atoms with Crippen molar-refractivity contribution in [3.05, 3.63) is 23.8 Å². The first-order chi connectivity index (χ1) is 8.63. The largest absolute Gasteiger partial charge is 0.508 e. The van der Waals surface area contributed by atoms with Crippen LogP contribution in [0.3, 0.4) is 0 Å². The molecule has 1 aliphatic heterocycles. The van der Waals surface area contributed by atoms with E-state index in [2.05, 4.69) is 0 Å². The normalized spacial score (nSPS) is 19.8. The zero-order chi connectivity index (χ0) is 13.1. The Hall–Kier alpha value is -1.75. The van der Waals surface area contributed by atoms with Gasteiger partial charge in [-0.2, -0.15) is 0 Å². The molecule has 0 bridgehead atoms. The number of nitrogens with two attached hydrogens (primary N) is 1. The lowest BCUT2D eigenvalue weighted by Crippen LogP contribution is -2.47. The van der Waals surface area contributed by atoms with Crippen LogP contribution in [0.2, 0.25) is 0 Å². The van der Waals surface area contributed by atoms with Gasteiger partial charge in [0.1, 0.15) is 11.5 Å². The van der Waals surface area contributed by atoms with Gasteiger partial charge in [0.2, 0.25) is 0 Å². The maximum atomic E-state index is 12.3. The SMILES string of the molecule is NCC1CCCCN1C(=O)c1ccc(O)cc1O. The van der Waals surface area contributed by atoms with Crippen LogP contribution in [0.5, 0.6) is 11.5 Å². The third-order valence-electron chi connectivity index (χ3n) is 3.37. The van der Waals surface area contributed by atoms with Gasteiger partial charge in [0.25, 0.3) is 5.91 Å². The molecular formula is C13H18N2O3. The summed E-state index contributed by atoms with van der Waals surface area (Å²) < 4.78 is 0. The molecule has 5 heteroatoms. The van der Waals surface area contributed by atoms with Gasteiger partial charge in [0.15, 0.2) is 0 Å². The number of phenolic OH excluding ortho intramolecular Hbond substituents is 2. The number of benzene rings is 1. The number of likely N-dealkylation sites (tertiary alicyclic amines) is 1. The highest BCUT2D eigenvalue weighted by atomic mass is 16.3. The molecule has 1 amide bonds. The van der Waals surface area contributed by atoms with Gasteiger partial charge in [0, 0.05) is 25.2 Å². The van der Waals surface area contributed by atoms with Gasteiger partial charge in [0.05, 0.1) is 5.56 Å². The van der Waals surface area contributed by atoms with Crippen molar-refractivity contribution in [2.75, 3.05) is 13.1 Å². The average molecular weight is 250 g/mol. The van der Waals surface area contributed by atoms with Crippen LogP contribution < -0.4 is 5.73 Å². The molecule has 1 aromatic rings. The lowest BCUT2D eigenvalue weighted by atomic mass is 10.0. The third-order valence-corrected chi connectivity index (χ3v) is 3.37. The van der Waals surface area contributed by atoms with Crippen molar-refractivity contribution >= 4 is 5.91 Å². The van der Waals surface area contributed by atoms with Crippen molar-refractivity contribution in [3.63, 3.8) is 0 Å². The summed E-state index contributed by atoms with van der Waals surface area (Å²) in [5.41, 5.74) is 5.89. The fourth-order valence-corrected chi connectivity index (χ4v) is 2.37. The van der Waals surface area contributed by atoms with E-state index in [1.54, 1.807) is 4.90 Å². The Kier molecular flexibility index (Phi) is 3.72. The maximum Gasteiger partial charge on any atom is 0.257 e. The van der Waals surface area contributed by atoms with E-state index >= 15 is 0 Å². The highest BCUT2D eigenvalue weighted by Gasteiger charge is 2.27. The van der Waals surface area contributed by atoms with Gasteiger partial charge < -0.3 is 20.8 Å². The fraction of sp³-hybridized carbons (Fsp3) is 0.462. The third kappa shape index (κ3) is 2.41. The summed E-state index contributed by atoms with van der Waals surface area (Å²) in [6.07, 6.45) is 2.94. The molecule has 0 spiro atoms. The molecule has 98 valence electrons. The van der Waals surface area contributed by atoms with Crippen molar-refractivity contribution in [2.45, 2.75) is 25.3 Å². The number of phenols is 2. The molecule has 1 aromatic carbocycles.